The van der Waals surface area contributed by atoms with Crippen LogP contribution in [0.4, 0.5) is 0 Å². The lowest BCUT2D eigenvalue weighted by Gasteiger charge is -2.35. The molecule has 7 heteroatoms. The molecule has 0 atom stereocenters. The van der Waals surface area contributed by atoms with Gasteiger partial charge in [-0.25, -0.2) is 0 Å². The second-order valence-electron chi connectivity index (χ2n) is 7.05. The number of methoxy groups -OCH3 is 3. The van der Waals surface area contributed by atoms with E-state index in [-0.39, 0.29) is 11.8 Å². The molecule has 0 unspecified atom stereocenters. The molecule has 30 heavy (non-hydrogen) atoms. The average Bonchev–Trinajstić information content (AvgIpc) is 2.81. The molecule has 1 heterocycles. The topological polar surface area (TPSA) is 68.3 Å². The molecule has 0 aromatic heterocycles. The third-order valence-electron chi connectivity index (χ3n) is 5.35. The van der Waals surface area contributed by atoms with Gasteiger partial charge in [-0.05, 0) is 36.2 Å². The van der Waals surface area contributed by atoms with E-state index in [4.69, 9.17) is 14.2 Å². The van der Waals surface area contributed by atoms with Crippen molar-refractivity contribution in [2.75, 3.05) is 47.5 Å². The number of benzene rings is 2. The number of aryl methyl sites for hydroxylation is 1. The van der Waals surface area contributed by atoms with Gasteiger partial charge in [0.05, 0.1) is 21.3 Å². The summed E-state index contributed by atoms with van der Waals surface area (Å²) in [4.78, 5) is 29.1. The Balaban J connectivity index is 1.54. The van der Waals surface area contributed by atoms with E-state index >= 15 is 0 Å². The van der Waals surface area contributed by atoms with Crippen molar-refractivity contribution in [3.8, 4) is 17.2 Å². The fourth-order valence-electron chi connectivity index (χ4n) is 3.62. The quantitative estimate of drug-likeness (QED) is 0.699. The van der Waals surface area contributed by atoms with E-state index in [1.54, 1.807) is 44.4 Å². The monoisotopic (exact) mass is 412 g/mol. The molecule has 160 valence electrons. The minimum absolute atomic E-state index is 0.0722. The largest absolute Gasteiger partial charge is 0.496 e. The summed E-state index contributed by atoms with van der Waals surface area (Å²) < 4.78 is 15.9. The highest BCUT2D eigenvalue weighted by molar-refractivity contribution is 5.95. The Hall–Kier alpha value is -3.22. The first-order valence-electron chi connectivity index (χ1n) is 9.98. The summed E-state index contributed by atoms with van der Waals surface area (Å²) in [5, 5.41) is 0. The predicted molar refractivity (Wildman–Crippen MR) is 113 cm³/mol. The van der Waals surface area contributed by atoms with E-state index in [1.807, 2.05) is 29.2 Å². The summed E-state index contributed by atoms with van der Waals surface area (Å²) in [6, 6.07) is 12.9. The molecule has 2 aromatic carbocycles. The van der Waals surface area contributed by atoms with Crippen molar-refractivity contribution in [1.29, 1.82) is 0 Å². The van der Waals surface area contributed by atoms with Crippen LogP contribution in [0.5, 0.6) is 17.2 Å². The van der Waals surface area contributed by atoms with E-state index in [9.17, 15) is 9.59 Å². The van der Waals surface area contributed by atoms with Crippen molar-refractivity contribution < 1.29 is 23.8 Å². The van der Waals surface area contributed by atoms with Crippen LogP contribution in [0.3, 0.4) is 0 Å². The lowest BCUT2D eigenvalue weighted by atomic mass is 10.1. The number of para-hydroxylation sites is 1. The molecule has 0 spiro atoms. The van der Waals surface area contributed by atoms with E-state index in [0.717, 1.165) is 11.3 Å². The molecule has 1 saturated heterocycles. The summed E-state index contributed by atoms with van der Waals surface area (Å²) in [7, 11) is 4.74. The highest BCUT2D eigenvalue weighted by atomic mass is 16.5. The number of amides is 2. The van der Waals surface area contributed by atoms with Gasteiger partial charge in [0.15, 0.2) is 11.5 Å². The Morgan fingerprint density at radius 3 is 2.10 bits per heavy atom. The summed E-state index contributed by atoms with van der Waals surface area (Å²) in [6.07, 6.45) is 1.05. The van der Waals surface area contributed by atoms with E-state index in [1.165, 1.54) is 0 Å². The van der Waals surface area contributed by atoms with Crippen molar-refractivity contribution in [3.63, 3.8) is 0 Å². The van der Waals surface area contributed by atoms with Crippen LogP contribution in [-0.2, 0) is 11.2 Å². The van der Waals surface area contributed by atoms with Crippen LogP contribution in [0.2, 0.25) is 0 Å². The summed E-state index contributed by atoms with van der Waals surface area (Å²) in [5.41, 5.74) is 1.57. The molecule has 1 aliphatic rings. The number of hydrogen-bond acceptors (Lipinski definition) is 5. The summed E-state index contributed by atoms with van der Waals surface area (Å²) in [5.74, 6) is 1.93. The van der Waals surface area contributed by atoms with Crippen LogP contribution < -0.4 is 14.2 Å². The van der Waals surface area contributed by atoms with Crippen molar-refractivity contribution in [2.45, 2.75) is 12.8 Å². The van der Waals surface area contributed by atoms with Crippen molar-refractivity contribution in [1.82, 2.24) is 9.80 Å². The normalized spacial score (nSPS) is 13.7. The van der Waals surface area contributed by atoms with E-state index in [2.05, 4.69) is 0 Å². The Labute approximate surface area is 177 Å². The number of piperazine rings is 1. The molecule has 7 nitrogen and oxygen atoms in total. The Kier molecular flexibility index (Phi) is 7.17. The highest BCUT2D eigenvalue weighted by Crippen LogP contribution is 2.28. The summed E-state index contributed by atoms with van der Waals surface area (Å²) >= 11 is 0. The zero-order chi connectivity index (χ0) is 21.5. The maximum atomic E-state index is 12.8. The van der Waals surface area contributed by atoms with Crippen LogP contribution in [0.1, 0.15) is 22.3 Å². The van der Waals surface area contributed by atoms with Crippen LogP contribution >= 0.6 is 0 Å². The van der Waals surface area contributed by atoms with Gasteiger partial charge >= 0.3 is 0 Å². The first kappa shape index (κ1) is 21.5. The molecule has 0 saturated carbocycles. The lowest BCUT2D eigenvalue weighted by Crippen LogP contribution is -2.50. The number of ether oxygens (including phenoxy) is 3. The van der Waals surface area contributed by atoms with E-state index < -0.39 is 0 Å². The standard InChI is InChI=1S/C23H28N2O5/c1-28-19-7-5-4-6-17(19)9-11-22(26)24-12-14-25(15-13-24)23(27)18-8-10-20(29-2)21(16-18)30-3/h4-8,10,16H,9,11-15H2,1-3H3. The van der Waals surface area contributed by atoms with Crippen molar-refractivity contribution >= 4 is 11.8 Å². The molecular formula is C23H28N2O5. The Bertz CT molecular complexity index is 891. The Morgan fingerprint density at radius 2 is 1.43 bits per heavy atom. The van der Waals surface area contributed by atoms with Crippen LogP contribution in [0.25, 0.3) is 0 Å². The lowest BCUT2D eigenvalue weighted by molar-refractivity contribution is -0.132. The minimum atomic E-state index is -0.0722. The fraction of sp³-hybridized carbons (Fsp3) is 0.391. The average molecular weight is 412 g/mol. The SMILES string of the molecule is COc1ccccc1CCC(=O)N1CCN(C(=O)c2ccc(OC)c(OC)c2)CC1. The first-order valence-corrected chi connectivity index (χ1v) is 9.98. The van der Waals surface area contributed by atoms with Crippen LogP contribution in [0, 0.1) is 0 Å². The maximum Gasteiger partial charge on any atom is 0.254 e. The molecule has 0 radical (unpaired) electrons. The second kappa shape index (κ2) is 10.0. The fourth-order valence-corrected chi connectivity index (χ4v) is 3.62. The molecule has 2 amide bonds. The maximum absolute atomic E-state index is 12.8. The molecule has 0 bridgehead atoms. The smallest absolute Gasteiger partial charge is 0.254 e. The summed E-state index contributed by atoms with van der Waals surface area (Å²) in [6.45, 7) is 2.08. The predicted octanol–water partition coefficient (Wildman–Crippen LogP) is 2.63. The van der Waals surface area contributed by atoms with Crippen molar-refractivity contribution in [2.24, 2.45) is 0 Å². The van der Waals surface area contributed by atoms with Crippen molar-refractivity contribution in [3.05, 3.63) is 53.6 Å². The Morgan fingerprint density at radius 1 is 0.800 bits per heavy atom. The number of rotatable bonds is 7. The molecule has 0 N–H and O–H groups in total. The van der Waals surface area contributed by atoms with Gasteiger partial charge in [0.1, 0.15) is 5.75 Å². The van der Waals surface area contributed by atoms with E-state index in [0.29, 0.717) is 56.1 Å². The van der Waals surface area contributed by atoms with Gasteiger partial charge < -0.3 is 24.0 Å². The number of hydrogen-bond donors (Lipinski definition) is 0. The number of carbonyl (C=O) groups is 2. The molecule has 1 aliphatic heterocycles. The zero-order valence-corrected chi connectivity index (χ0v) is 17.7. The van der Waals surface area contributed by atoms with Crippen LogP contribution in [-0.4, -0.2) is 69.1 Å². The third-order valence-corrected chi connectivity index (χ3v) is 5.35. The minimum Gasteiger partial charge on any atom is -0.496 e. The molecule has 3 rings (SSSR count). The zero-order valence-electron chi connectivity index (χ0n) is 17.7. The molecule has 2 aromatic rings. The highest BCUT2D eigenvalue weighted by Gasteiger charge is 2.25. The third kappa shape index (κ3) is 4.84. The van der Waals surface area contributed by atoms with Gasteiger partial charge in [0, 0.05) is 38.2 Å². The molecule has 1 fully saturated rings. The second-order valence-corrected chi connectivity index (χ2v) is 7.05. The molecule has 0 aliphatic carbocycles. The van der Waals surface area contributed by atoms with Gasteiger partial charge in [-0.15, -0.1) is 0 Å². The first-order chi connectivity index (χ1) is 14.6. The van der Waals surface area contributed by atoms with Gasteiger partial charge in [-0.3, -0.25) is 9.59 Å². The van der Waals surface area contributed by atoms with Gasteiger partial charge in [0.25, 0.3) is 5.91 Å². The number of nitrogens with zero attached hydrogens (tertiary/aromatic N) is 2. The van der Waals surface area contributed by atoms with Gasteiger partial charge in [-0.2, -0.15) is 0 Å². The number of carbonyl (C=O) groups excluding carboxylic acids is 2. The van der Waals surface area contributed by atoms with Gasteiger partial charge in [-0.1, -0.05) is 18.2 Å². The van der Waals surface area contributed by atoms with Crippen LogP contribution in [0.15, 0.2) is 42.5 Å². The molecular weight excluding hydrogens is 384 g/mol. The van der Waals surface area contributed by atoms with Gasteiger partial charge in [0.2, 0.25) is 5.91 Å².